The minimum absolute atomic E-state index is 0.115. The summed E-state index contributed by atoms with van der Waals surface area (Å²) in [5, 5.41) is 3.58. The Morgan fingerprint density at radius 3 is 1.86 bits per heavy atom. The lowest BCUT2D eigenvalue weighted by Crippen LogP contribution is -2.49. The Hall–Kier alpha value is 0.965. The number of hydrogen-bond acceptors (Lipinski definition) is 3. The van der Waals surface area contributed by atoms with Gasteiger partial charge in [0.25, 0.3) is 0 Å². The van der Waals surface area contributed by atoms with E-state index in [0.717, 1.165) is 20.1 Å². The lowest BCUT2D eigenvalue weighted by molar-refractivity contribution is -0.131. The molecule has 0 radical (unpaired) electrons. The quantitative estimate of drug-likeness (QED) is 0.0891. The maximum atomic E-state index is 13.1. The molecular formula is C23H47BINOS2. The molecule has 3 unspecified atom stereocenters. The average Bonchev–Trinajstić information content (AvgIpc) is 2.50. The minimum atomic E-state index is -0.411. The smallest absolute Gasteiger partial charge is 0.226 e. The molecule has 172 valence electrons. The highest BCUT2D eigenvalue weighted by atomic mass is 127. The van der Waals surface area contributed by atoms with Crippen molar-refractivity contribution in [1.29, 1.82) is 0 Å². The highest BCUT2D eigenvalue weighted by Crippen LogP contribution is 2.44. The molecule has 1 amide bonds. The van der Waals surface area contributed by atoms with E-state index in [1.807, 2.05) is 11.8 Å². The number of carbonyl (C=O) groups excluding carboxylic acids is 1. The van der Waals surface area contributed by atoms with Crippen LogP contribution in [0.5, 0.6) is 0 Å². The predicted octanol–water partition coefficient (Wildman–Crippen LogP) is 7.02. The summed E-state index contributed by atoms with van der Waals surface area (Å²) in [6.45, 7) is 24.8. The Kier molecular flexibility index (Phi) is 11.6. The predicted molar refractivity (Wildman–Crippen MR) is 148 cm³/mol. The van der Waals surface area contributed by atoms with Crippen molar-refractivity contribution in [2.75, 3.05) is 6.26 Å². The third kappa shape index (κ3) is 9.97. The highest BCUT2D eigenvalue weighted by Gasteiger charge is 2.39. The molecule has 0 aliphatic carbocycles. The van der Waals surface area contributed by atoms with Gasteiger partial charge in [0.1, 0.15) is 7.28 Å². The number of nitrogens with one attached hydrogen (secondary N) is 1. The number of alkyl halides is 1. The molecule has 0 aromatic heterocycles. The van der Waals surface area contributed by atoms with Crippen LogP contribution in [-0.4, -0.2) is 33.9 Å². The van der Waals surface area contributed by atoms with E-state index in [-0.39, 0.29) is 32.6 Å². The summed E-state index contributed by atoms with van der Waals surface area (Å²) in [7, 11) is 1.04. The van der Waals surface area contributed by atoms with Gasteiger partial charge in [0, 0.05) is 14.5 Å². The van der Waals surface area contributed by atoms with Gasteiger partial charge in [0.15, 0.2) is 0 Å². The molecule has 0 bridgehead atoms. The Bertz CT molecular complexity index is 533. The first-order chi connectivity index (χ1) is 12.8. The molecule has 0 rings (SSSR count). The van der Waals surface area contributed by atoms with Crippen LogP contribution in [-0.2, 0) is 4.79 Å². The van der Waals surface area contributed by atoms with Gasteiger partial charge in [-0.25, -0.2) is 0 Å². The summed E-state index contributed by atoms with van der Waals surface area (Å²) in [4.78, 5) is 13.1. The largest absolute Gasteiger partial charge is 0.344 e. The van der Waals surface area contributed by atoms with Gasteiger partial charge in [-0.2, -0.15) is 24.4 Å². The van der Waals surface area contributed by atoms with Crippen LogP contribution in [0.25, 0.3) is 0 Å². The van der Waals surface area contributed by atoms with Gasteiger partial charge >= 0.3 is 0 Å². The SMILES string of the molecule is CSC(BC(C)(C)CC(C)(C)C(C)I)C(S)NC(=O)C(C)(C)CC(C)(C)C(C)C. The van der Waals surface area contributed by atoms with Crippen molar-refractivity contribution in [3.05, 3.63) is 0 Å². The molecule has 2 nitrogen and oxygen atoms in total. The second kappa shape index (κ2) is 11.2. The molecule has 0 aliphatic heterocycles. The Morgan fingerprint density at radius 2 is 1.48 bits per heavy atom. The van der Waals surface area contributed by atoms with Crippen LogP contribution in [0.3, 0.4) is 0 Å². The first kappa shape index (κ1) is 30.0. The maximum Gasteiger partial charge on any atom is 0.226 e. The molecule has 3 atom stereocenters. The number of thiol groups is 1. The van der Waals surface area contributed by atoms with Crippen LogP contribution < -0.4 is 5.32 Å². The molecular weight excluding hydrogens is 508 g/mol. The number of halogens is 1. The van der Waals surface area contributed by atoms with E-state index < -0.39 is 5.41 Å². The van der Waals surface area contributed by atoms with Crippen LogP contribution in [0.15, 0.2) is 0 Å². The summed E-state index contributed by atoms with van der Waals surface area (Å²) in [6.07, 6.45) is 4.15. The molecule has 0 saturated heterocycles. The first-order valence-corrected chi connectivity index (χ1v) is 14.0. The minimum Gasteiger partial charge on any atom is -0.344 e. The van der Waals surface area contributed by atoms with Gasteiger partial charge in [-0.15, -0.1) is 0 Å². The third-order valence-electron chi connectivity index (χ3n) is 6.77. The zero-order chi connectivity index (χ0) is 23.4. The van der Waals surface area contributed by atoms with Crippen LogP contribution in [0.1, 0.15) is 89.0 Å². The van der Waals surface area contributed by atoms with E-state index in [2.05, 4.69) is 110 Å². The average molecular weight is 555 g/mol. The Morgan fingerprint density at radius 1 is 1.00 bits per heavy atom. The third-order valence-corrected chi connectivity index (χ3v) is 10.2. The molecule has 0 saturated carbocycles. The van der Waals surface area contributed by atoms with Gasteiger partial charge in [-0.05, 0) is 35.8 Å². The van der Waals surface area contributed by atoms with E-state index in [1.54, 1.807) is 0 Å². The van der Waals surface area contributed by atoms with Crippen molar-refractivity contribution in [3.8, 4) is 0 Å². The Labute approximate surface area is 206 Å². The van der Waals surface area contributed by atoms with E-state index >= 15 is 0 Å². The fourth-order valence-electron chi connectivity index (χ4n) is 4.16. The van der Waals surface area contributed by atoms with Crippen molar-refractivity contribution in [3.63, 3.8) is 0 Å². The van der Waals surface area contributed by atoms with Gasteiger partial charge < -0.3 is 5.32 Å². The molecule has 0 heterocycles. The number of thioether (sulfide) groups is 1. The standard InChI is InChI=1S/C23H47BINOS2/c1-15(2)20(4,5)13-22(8,9)19(27)26-18(28)17(29-12)24-23(10,11)14-21(6,7)16(3)25/h15-18,24,28H,13-14H2,1-12H3,(H,26,27). The normalized spacial score (nSPS) is 17.1. The van der Waals surface area contributed by atoms with Crippen molar-refractivity contribution in [2.45, 2.75) is 109 Å². The Balaban J connectivity index is 5.15. The van der Waals surface area contributed by atoms with Crippen molar-refractivity contribution in [2.24, 2.45) is 22.2 Å². The van der Waals surface area contributed by atoms with Gasteiger partial charge in [0.2, 0.25) is 5.91 Å². The fourth-order valence-corrected chi connectivity index (χ4v) is 5.91. The van der Waals surface area contributed by atoms with Crippen LogP contribution in [0.4, 0.5) is 0 Å². The zero-order valence-corrected chi connectivity index (χ0v) is 24.9. The number of amides is 1. The number of carbonyl (C=O) groups is 1. The van der Waals surface area contributed by atoms with Crippen molar-refractivity contribution >= 4 is 60.2 Å². The second-order valence-corrected chi connectivity index (χ2v) is 15.5. The lowest BCUT2D eigenvalue weighted by atomic mass is 9.48. The molecule has 0 aliphatic rings. The monoisotopic (exact) mass is 555 g/mol. The summed E-state index contributed by atoms with van der Waals surface area (Å²) < 4.78 is 0.615. The van der Waals surface area contributed by atoms with Crippen LogP contribution >= 0.6 is 47.0 Å². The number of rotatable bonds is 12. The lowest BCUT2D eigenvalue weighted by Gasteiger charge is -2.40. The summed E-state index contributed by atoms with van der Waals surface area (Å²) >= 11 is 9.20. The second-order valence-electron chi connectivity index (χ2n) is 12.0. The van der Waals surface area contributed by atoms with Crippen LogP contribution in [0.2, 0.25) is 5.31 Å². The van der Waals surface area contributed by atoms with Gasteiger partial charge in [0.05, 0.1) is 5.37 Å². The van der Waals surface area contributed by atoms with E-state index in [4.69, 9.17) is 12.6 Å². The highest BCUT2D eigenvalue weighted by molar-refractivity contribution is 14.1. The van der Waals surface area contributed by atoms with Crippen LogP contribution in [0, 0.1) is 22.2 Å². The summed E-state index contributed by atoms with van der Waals surface area (Å²) in [5.74, 6) is 0.647. The first-order valence-electron chi connectivity index (χ1n) is 10.9. The van der Waals surface area contributed by atoms with E-state index in [9.17, 15) is 4.79 Å². The molecule has 0 spiro atoms. The van der Waals surface area contributed by atoms with Crippen molar-refractivity contribution in [1.82, 2.24) is 5.32 Å². The topological polar surface area (TPSA) is 29.1 Å². The molecule has 1 N–H and O–H groups in total. The molecule has 0 aromatic carbocycles. The maximum absolute atomic E-state index is 13.1. The fraction of sp³-hybridized carbons (Fsp3) is 0.957. The molecule has 29 heavy (non-hydrogen) atoms. The van der Waals surface area contributed by atoms with Gasteiger partial charge in [-0.3, -0.25) is 4.79 Å². The molecule has 0 aromatic rings. The zero-order valence-electron chi connectivity index (χ0n) is 21.1. The summed E-state index contributed by atoms with van der Waals surface area (Å²) in [5.41, 5.74) is -0.00577. The van der Waals surface area contributed by atoms with E-state index in [1.165, 1.54) is 0 Å². The summed E-state index contributed by atoms with van der Waals surface area (Å²) in [6, 6.07) is 0. The molecule has 0 fully saturated rings. The molecule has 6 heteroatoms. The van der Waals surface area contributed by atoms with Gasteiger partial charge in [-0.1, -0.05) is 104 Å². The van der Waals surface area contributed by atoms with Crippen molar-refractivity contribution < 1.29 is 4.79 Å². The number of hydrogen-bond donors (Lipinski definition) is 2. The van der Waals surface area contributed by atoms with E-state index in [0.29, 0.717) is 9.84 Å².